The number of anilines is 1. The van der Waals surface area contributed by atoms with Crippen LogP contribution in [0.25, 0.3) is 0 Å². The average Bonchev–Trinajstić information content (AvgIpc) is 3.11. The summed E-state index contributed by atoms with van der Waals surface area (Å²) in [6, 6.07) is -0.391. The third-order valence-corrected chi connectivity index (χ3v) is 7.15. The zero-order valence-electron chi connectivity index (χ0n) is 11.4. The Morgan fingerprint density at radius 3 is 2.59 bits per heavy atom. The van der Waals surface area contributed by atoms with Gasteiger partial charge in [0.2, 0.25) is 0 Å². The molecule has 2 N–H and O–H groups in total. The van der Waals surface area contributed by atoms with Crippen molar-refractivity contribution in [3.05, 3.63) is 11.1 Å². The molecule has 1 aromatic rings. The number of piperidine rings is 1. The van der Waals surface area contributed by atoms with Gasteiger partial charge in [0.15, 0.2) is 10.8 Å². The van der Waals surface area contributed by atoms with Crippen molar-refractivity contribution in [2.24, 2.45) is 23.7 Å². The Hall–Kier alpha value is -0.860. The van der Waals surface area contributed by atoms with E-state index in [1.54, 1.807) is 0 Å². The van der Waals surface area contributed by atoms with Crippen molar-refractivity contribution in [2.75, 3.05) is 4.90 Å². The first kappa shape index (κ1) is 13.6. The second-order valence-corrected chi connectivity index (χ2v) is 7.84. The van der Waals surface area contributed by atoms with Gasteiger partial charge >= 0.3 is 6.18 Å². The SMILES string of the molecule is OC1C2C3CC1N(c1nc(C(F)(F)F)cs1)C1C(O)C3CC21. The molecule has 3 aliphatic carbocycles. The van der Waals surface area contributed by atoms with Crippen molar-refractivity contribution in [3.8, 4) is 0 Å². The summed E-state index contributed by atoms with van der Waals surface area (Å²) in [4.78, 5) is 5.57. The first-order valence-corrected chi connectivity index (χ1v) is 8.43. The highest BCUT2D eigenvalue weighted by Crippen LogP contribution is 2.65. The highest BCUT2D eigenvalue weighted by atomic mass is 32.1. The standard InChI is InChI=1S/C14H15F3N2O2S/c15-14(16,17)8-3-22-13(18-8)19-7-2-4-5-1-6(9(4)12(7)21)10(19)11(5)20/h3-7,9-12,20-21H,1-2H2. The highest BCUT2D eigenvalue weighted by molar-refractivity contribution is 7.13. The molecule has 0 spiro atoms. The fourth-order valence-electron chi connectivity index (χ4n) is 5.68. The summed E-state index contributed by atoms with van der Waals surface area (Å²) >= 11 is 0.955. The Morgan fingerprint density at radius 2 is 1.91 bits per heavy atom. The maximum absolute atomic E-state index is 12.8. The molecule has 1 saturated heterocycles. The monoisotopic (exact) mass is 332 g/mol. The molecule has 8 atom stereocenters. The van der Waals surface area contributed by atoms with E-state index in [1.807, 2.05) is 4.90 Å². The molecule has 1 aromatic heterocycles. The lowest BCUT2D eigenvalue weighted by Gasteiger charge is -2.48. The number of halogens is 3. The number of hydrogen-bond donors (Lipinski definition) is 2. The fourth-order valence-corrected chi connectivity index (χ4v) is 6.61. The molecule has 0 aromatic carbocycles. The predicted molar refractivity (Wildman–Crippen MR) is 72.4 cm³/mol. The van der Waals surface area contributed by atoms with E-state index in [0.29, 0.717) is 5.92 Å². The molecule has 8 heteroatoms. The topological polar surface area (TPSA) is 56.6 Å². The molecular formula is C14H15F3N2O2S. The predicted octanol–water partition coefficient (Wildman–Crippen LogP) is 1.73. The molecule has 2 heterocycles. The number of hydrogen-bond acceptors (Lipinski definition) is 5. The summed E-state index contributed by atoms with van der Waals surface area (Å²) in [6.45, 7) is 0. The Balaban J connectivity index is 1.58. The van der Waals surface area contributed by atoms with E-state index < -0.39 is 24.1 Å². The number of nitrogens with zero attached hydrogens (tertiary/aromatic N) is 2. The normalized spacial score (nSPS) is 48.7. The number of aliphatic hydroxyl groups excluding tert-OH is 2. The minimum Gasteiger partial charge on any atom is -0.391 e. The maximum atomic E-state index is 12.8. The lowest BCUT2D eigenvalue weighted by molar-refractivity contribution is -0.140. The van der Waals surface area contributed by atoms with Gasteiger partial charge < -0.3 is 15.1 Å². The molecule has 5 rings (SSSR count). The Morgan fingerprint density at radius 1 is 1.14 bits per heavy atom. The van der Waals surface area contributed by atoms with Crippen molar-refractivity contribution in [2.45, 2.75) is 43.3 Å². The molecule has 4 nitrogen and oxygen atoms in total. The quantitative estimate of drug-likeness (QED) is 0.822. The van der Waals surface area contributed by atoms with Gasteiger partial charge in [-0.2, -0.15) is 13.2 Å². The number of fused-ring (bicyclic) bond motifs is 3. The lowest BCUT2D eigenvalue weighted by Crippen LogP contribution is -2.61. The number of thiazole rings is 1. The molecule has 0 amide bonds. The van der Waals surface area contributed by atoms with Crippen LogP contribution in [-0.4, -0.2) is 39.5 Å². The molecule has 1 aliphatic heterocycles. The van der Waals surface area contributed by atoms with Crippen LogP contribution in [0.2, 0.25) is 0 Å². The van der Waals surface area contributed by atoms with E-state index in [-0.39, 0.29) is 35.0 Å². The molecule has 4 fully saturated rings. The van der Waals surface area contributed by atoms with Gasteiger partial charge in [-0.3, -0.25) is 0 Å². The van der Waals surface area contributed by atoms with Crippen LogP contribution >= 0.6 is 11.3 Å². The first-order valence-electron chi connectivity index (χ1n) is 7.55. The zero-order valence-corrected chi connectivity index (χ0v) is 12.3. The van der Waals surface area contributed by atoms with Crippen LogP contribution in [0.15, 0.2) is 5.38 Å². The first-order chi connectivity index (χ1) is 10.4. The third-order valence-electron chi connectivity index (χ3n) is 6.29. The van der Waals surface area contributed by atoms with Gasteiger partial charge in [0.25, 0.3) is 0 Å². The summed E-state index contributed by atoms with van der Waals surface area (Å²) < 4.78 is 38.4. The Labute approximate surface area is 128 Å². The van der Waals surface area contributed by atoms with Crippen LogP contribution < -0.4 is 4.90 Å². The molecule has 22 heavy (non-hydrogen) atoms. The second kappa shape index (κ2) is 3.96. The summed E-state index contributed by atoms with van der Waals surface area (Å²) in [6.07, 6.45) is -3.86. The molecule has 3 saturated carbocycles. The van der Waals surface area contributed by atoms with E-state index >= 15 is 0 Å². The highest BCUT2D eigenvalue weighted by Gasteiger charge is 2.70. The summed E-state index contributed by atoms with van der Waals surface area (Å²) in [5.41, 5.74) is -0.890. The van der Waals surface area contributed by atoms with Crippen molar-refractivity contribution in [1.82, 2.24) is 4.98 Å². The Bertz CT molecular complexity index is 636. The average molecular weight is 332 g/mol. The number of aliphatic hydroxyl groups is 2. The Kier molecular flexibility index (Phi) is 2.44. The molecule has 4 bridgehead atoms. The van der Waals surface area contributed by atoms with Crippen LogP contribution in [-0.2, 0) is 6.18 Å². The van der Waals surface area contributed by atoms with Crippen LogP contribution in [0.5, 0.6) is 0 Å². The number of aromatic nitrogens is 1. The number of rotatable bonds is 1. The molecule has 4 aliphatic rings. The lowest BCUT2D eigenvalue weighted by atomic mass is 9.75. The van der Waals surface area contributed by atoms with E-state index in [4.69, 9.17) is 0 Å². The van der Waals surface area contributed by atoms with Crippen LogP contribution in [0.4, 0.5) is 18.3 Å². The zero-order chi connectivity index (χ0) is 15.4. The van der Waals surface area contributed by atoms with Crippen LogP contribution in [0.3, 0.4) is 0 Å². The van der Waals surface area contributed by atoms with E-state index in [2.05, 4.69) is 4.98 Å². The molecular weight excluding hydrogens is 317 g/mol. The largest absolute Gasteiger partial charge is 0.434 e. The van der Waals surface area contributed by atoms with Gasteiger partial charge in [-0.15, -0.1) is 11.3 Å². The molecule has 120 valence electrons. The summed E-state index contributed by atoms with van der Waals surface area (Å²) in [5.74, 6) is 0.883. The molecule has 8 unspecified atom stereocenters. The third kappa shape index (κ3) is 1.44. The maximum Gasteiger partial charge on any atom is 0.434 e. The van der Waals surface area contributed by atoms with Crippen molar-refractivity contribution in [1.29, 1.82) is 0 Å². The van der Waals surface area contributed by atoms with E-state index in [9.17, 15) is 23.4 Å². The van der Waals surface area contributed by atoms with Gasteiger partial charge in [0, 0.05) is 5.38 Å². The summed E-state index contributed by atoms with van der Waals surface area (Å²) in [5, 5.41) is 22.4. The van der Waals surface area contributed by atoms with Crippen molar-refractivity contribution >= 4 is 16.5 Å². The van der Waals surface area contributed by atoms with E-state index in [0.717, 1.165) is 29.6 Å². The van der Waals surface area contributed by atoms with Crippen molar-refractivity contribution in [3.63, 3.8) is 0 Å². The van der Waals surface area contributed by atoms with Gasteiger partial charge in [-0.05, 0) is 36.5 Å². The second-order valence-electron chi connectivity index (χ2n) is 7.00. The van der Waals surface area contributed by atoms with E-state index in [1.165, 1.54) is 0 Å². The minimum absolute atomic E-state index is 0.178. The molecule has 0 radical (unpaired) electrons. The number of alkyl halides is 3. The van der Waals surface area contributed by atoms with Crippen LogP contribution in [0, 0.1) is 23.7 Å². The van der Waals surface area contributed by atoms with Crippen molar-refractivity contribution < 1.29 is 23.4 Å². The van der Waals surface area contributed by atoms with Crippen LogP contribution in [0.1, 0.15) is 18.5 Å². The fraction of sp³-hybridized carbons (Fsp3) is 0.786. The van der Waals surface area contributed by atoms with Gasteiger partial charge in [-0.25, -0.2) is 4.98 Å². The van der Waals surface area contributed by atoms with Gasteiger partial charge in [-0.1, -0.05) is 0 Å². The van der Waals surface area contributed by atoms with Gasteiger partial charge in [0.05, 0.1) is 24.3 Å². The van der Waals surface area contributed by atoms with Gasteiger partial charge in [0.1, 0.15) is 0 Å². The summed E-state index contributed by atoms with van der Waals surface area (Å²) in [7, 11) is 0. The smallest absolute Gasteiger partial charge is 0.391 e. The minimum atomic E-state index is -4.46.